The lowest BCUT2D eigenvalue weighted by atomic mass is 10.1. The number of alkyl halides is 6. The maximum atomic E-state index is 13.2. The summed E-state index contributed by atoms with van der Waals surface area (Å²) in [5.41, 5.74) is -1.24. The van der Waals surface area contributed by atoms with Gasteiger partial charge in [0.1, 0.15) is 12.4 Å². The highest BCUT2D eigenvalue weighted by molar-refractivity contribution is 6.08. The largest absolute Gasteiger partial charge is 0.489 e. The van der Waals surface area contributed by atoms with E-state index in [1.807, 2.05) is 0 Å². The van der Waals surface area contributed by atoms with Crippen molar-refractivity contribution < 1.29 is 35.9 Å². The van der Waals surface area contributed by atoms with Gasteiger partial charge in [-0.2, -0.15) is 31.4 Å². The second-order valence-corrected chi connectivity index (χ2v) is 7.25. The average molecular weight is 479 g/mol. The first-order valence-corrected chi connectivity index (χ1v) is 9.77. The number of H-pyrrole nitrogens is 1. The molecule has 3 aromatic carbocycles. The van der Waals surface area contributed by atoms with Gasteiger partial charge in [0.25, 0.3) is 5.91 Å². The quantitative estimate of drug-likeness (QED) is 0.324. The van der Waals surface area contributed by atoms with Crippen LogP contribution in [0.3, 0.4) is 0 Å². The zero-order valence-corrected chi connectivity index (χ0v) is 17.1. The van der Waals surface area contributed by atoms with Gasteiger partial charge in [-0.15, -0.1) is 0 Å². The summed E-state index contributed by atoms with van der Waals surface area (Å²) < 4.78 is 83.2. The minimum Gasteiger partial charge on any atom is -0.489 e. The maximum Gasteiger partial charge on any atom is 0.416 e. The maximum absolute atomic E-state index is 13.2. The summed E-state index contributed by atoms with van der Waals surface area (Å²) in [5, 5.41) is 9.58. The molecule has 34 heavy (non-hydrogen) atoms. The van der Waals surface area contributed by atoms with Gasteiger partial charge in [-0.1, -0.05) is 18.2 Å². The fourth-order valence-electron chi connectivity index (χ4n) is 3.25. The number of hydrogen-bond donors (Lipinski definition) is 2. The third-order valence-corrected chi connectivity index (χ3v) is 4.96. The van der Waals surface area contributed by atoms with E-state index in [0.29, 0.717) is 10.9 Å². The number of nitrogens with one attached hydrogen (secondary N) is 2. The lowest BCUT2D eigenvalue weighted by Crippen LogP contribution is -2.13. The molecule has 4 aromatic rings. The third-order valence-electron chi connectivity index (χ3n) is 4.96. The molecule has 0 aliphatic rings. The molecule has 1 aromatic heterocycles. The van der Waals surface area contributed by atoms with Gasteiger partial charge in [0.15, 0.2) is 5.82 Å². The van der Waals surface area contributed by atoms with Crippen LogP contribution in [0.2, 0.25) is 0 Å². The van der Waals surface area contributed by atoms with Gasteiger partial charge in [0.2, 0.25) is 0 Å². The standard InChI is InChI=1S/C23H15F6N3O2/c24-22(25,26)15-7-5-13(6-8-15)21(33)30-20-17-11-16(9-10-19(17)31-32-20)34-12-14-3-1-2-4-18(14)23(27,28)29/h1-11H,12H2,(H2,30,31,32,33). The van der Waals surface area contributed by atoms with Crippen molar-refractivity contribution in [2.45, 2.75) is 19.0 Å². The van der Waals surface area contributed by atoms with Gasteiger partial charge in [-0.25, -0.2) is 0 Å². The number of amides is 1. The topological polar surface area (TPSA) is 67.0 Å². The summed E-state index contributed by atoms with van der Waals surface area (Å²) in [5.74, 6) is -0.371. The minimum absolute atomic E-state index is 0.0136. The lowest BCUT2D eigenvalue weighted by Gasteiger charge is -2.13. The Balaban J connectivity index is 1.51. The summed E-state index contributed by atoms with van der Waals surface area (Å²) in [4.78, 5) is 12.5. The van der Waals surface area contributed by atoms with Crippen LogP contribution in [0.5, 0.6) is 5.75 Å². The zero-order valence-electron chi connectivity index (χ0n) is 17.1. The van der Waals surface area contributed by atoms with Gasteiger partial charge in [-0.3, -0.25) is 9.89 Å². The van der Waals surface area contributed by atoms with Crippen molar-refractivity contribution in [3.8, 4) is 5.75 Å². The highest BCUT2D eigenvalue weighted by Gasteiger charge is 2.33. The molecule has 0 unspecified atom stereocenters. The number of rotatable bonds is 5. The second kappa shape index (κ2) is 8.73. The summed E-state index contributed by atoms with van der Waals surface area (Å²) >= 11 is 0. The van der Waals surface area contributed by atoms with Crippen LogP contribution in [0.1, 0.15) is 27.0 Å². The number of carbonyl (C=O) groups is 1. The summed E-state index contributed by atoms with van der Waals surface area (Å²) in [6.45, 7) is -0.341. The van der Waals surface area contributed by atoms with Gasteiger partial charge >= 0.3 is 12.4 Å². The summed E-state index contributed by atoms with van der Waals surface area (Å²) in [7, 11) is 0. The number of carbonyl (C=O) groups excluding carboxylic acids is 1. The van der Waals surface area contributed by atoms with Crippen LogP contribution in [0.15, 0.2) is 66.7 Å². The fraction of sp³-hybridized carbons (Fsp3) is 0.130. The van der Waals surface area contributed by atoms with Crippen molar-refractivity contribution in [1.82, 2.24) is 10.2 Å². The van der Waals surface area contributed by atoms with Crippen LogP contribution in [-0.4, -0.2) is 16.1 Å². The van der Waals surface area contributed by atoms with Crippen molar-refractivity contribution in [1.29, 1.82) is 0 Å². The highest BCUT2D eigenvalue weighted by Crippen LogP contribution is 2.33. The Labute approximate surface area is 188 Å². The van der Waals surface area contributed by atoms with Gasteiger partial charge < -0.3 is 10.1 Å². The average Bonchev–Trinajstić information content (AvgIpc) is 3.18. The van der Waals surface area contributed by atoms with E-state index in [4.69, 9.17) is 4.74 Å². The molecule has 0 atom stereocenters. The fourth-order valence-corrected chi connectivity index (χ4v) is 3.25. The lowest BCUT2D eigenvalue weighted by molar-refractivity contribution is -0.139. The van der Waals surface area contributed by atoms with E-state index in [9.17, 15) is 31.1 Å². The Morgan fingerprint density at radius 1 is 0.912 bits per heavy atom. The van der Waals surface area contributed by atoms with Crippen molar-refractivity contribution in [2.75, 3.05) is 5.32 Å². The predicted molar refractivity (Wildman–Crippen MR) is 111 cm³/mol. The monoisotopic (exact) mass is 479 g/mol. The molecule has 1 amide bonds. The number of nitrogens with zero attached hydrogens (tertiary/aromatic N) is 1. The Bertz CT molecular complexity index is 1330. The summed E-state index contributed by atoms with van der Waals surface area (Å²) in [6, 6.07) is 13.3. The molecule has 0 fully saturated rings. The highest BCUT2D eigenvalue weighted by atomic mass is 19.4. The smallest absolute Gasteiger partial charge is 0.416 e. The predicted octanol–water partition coefficient (Wildman–Crippen LogP) is 6.43. The van der Waals surface area contributed by atoms with E-state index in [1.165, 1.54) is 30.3 Å². The molecule has 5 nitrogen and oxygen atoms in total. The first-order valence-electron chi connectivity index (χ1n) is 9.77. The van der Waals surface area contributed by atoms with Crippen LogP contribution in [0.25, 0.3) is 10.9 Å². The van der Waals surface area contributed by atoms with E-state index >= 15 is 0 Å². The molecule has 0 saturated carbocycles. The Morgan fingerprint density at radius 2 is 1.62 bits per heavy atom. The number of hydrogen-bond acceptors (Lipinski definition) is 3. The SMILES string of the molecule is O=C(Nc1n[nH]c2ccc(OCc3ccccc3C(F)(F)F)cc12)c1ccc(C(F)(F)F)cc1. The van der Waals surface area contributed by atoms with Crippen LogP contribution < -0.4 is 10.1 Å². The molecule has 0 bridgehead atoms. The normalized spacial score (nSPS) is 12.1. The van der Waals surface area contributed by atoms with Gasteiger partial charge in [-0.05, 0) is 48.5 Å². The molecular weight excluding hydrogens is 464 g/mol. The first kappa shape index (κ1) is 23.1. The third kappa shape index (κ3) is 4.98. The van der Waals surface area contributed by atoms with Crippen molar-refractivity contribution in [3.63, 3.8) is 0 Å². The number of aromatic amines is 1. The first-order chi connectivity index (χ1) is 16.0. The van der Waals surface area contributed by atoms with Crippen molar-refractivity contribution >= 4 is 22.6 Å². The van der Waals surface area contributed by atoms with Crippen LogP contribution in [0, 0.1) is 0 Å². The molecule has 11 heteroatoms. The Kier molecular flexibility index (Phi) is 5.94. The van der Waals surface area contributed by atoms with E-state index < -0.39 is 29.4 Å². The number of anilines is 1. The Hall–Kier alpha value is -4.02. The molecular formula is C23H15F6N3O2. The molecule has 0 spiro atoms. The molecule has 0 radical (unpaired) electrons. The van der Waals surface area contributed by atoms with E-state index in [0.717, 1.165) is 30.3 Å². The molecule has 176 valence electrons. The van der Waals surface area contributed by atoms with Gasteiger partial charge in [0.05, 0.1) is 16.6 Å². The number of fused-ring (bicyclic) bond motifs is 1. The van der Waals surface area contributed by atoms with E-state index in [-0.39, 0.29) is 29.3 Å². The molecule has 4 rings (SSSR count). The van der Waals surface area contributed by atoms with Gasteiger partial charge in [0, 0.05) is 16.5 Å². The molecule has 0 aliphatic carbocycles. The van der Waals surface area contributed by atoms with E-state index in [1.54, 1.807) is 6.07 Å². The number of benzene rings is 3. The van der Waals surface area contributed by atoms with Crippen molar-refractivity contribution in [3.05, 3.63) is 89.0 Å². The molecule has 0 aliphatic heterocycles. The number of ether oxygens (including phenoxy) is 1. The van der Waals surface area contributed by atoms with Crippen LogP contribution in [-0.2, 0) is 19.0 Å². The van der Waals surface area contributed by atoms with Crippen LogP contribution in [0.4, 0.5) is 32.2 Å². The minimum atomic E-state index is -4.52. The van der Waals surface area contributed by atoms with Crippen LogP contribution >= 0.6 is 0 Å². The Morgan fingerprint density at radius 3 is 2.29 bits per heavy atom. The zero-order chi connectivity index (χ0) is 24.5. The molecule has 2 N–H and O–H groups in total. The number of aromatic nitrogens is 2. The van der Waals surface area contributed by atoms with Crippen molar-refractivity contribution in [2.24, 2.45) is 0 Å². The second-order valence-electron chi connectivity index (χ2n) is 7.25. The number of halogens is 6. The molecule has 0 saturated heterocycles. The van der Waals surface area contributed by atoms with E-state index in [2.05, 4.69) is 15.5 Å². The molecule has 1 heterocycles. The summed E-state index contributed by atoms with van der Waals surface area (Å²) in [6.07, 6.45) is -9.05.